The van der Waals surface area contributed by atoms with Crippen molar-refractivity contribution in [2.24, 2.45) is 0 Å². The molecule has 0 bridgehead atoms. The monoisotopic (exact) mass is 288 g/mol. The van der Waals surface area contributed by atoms with Gasteiger partial charge in [0.05, 0.1) is 12.3 Å². The van der Waals surface area contributed by atoms with Gasteiger partial charge in [0.25, 0.3) is 0 Å². The van der Waals surface area contributed by atoms with Crippen LogP contribution in [0.1, 0.15) is 31.2 Å². The molecule has 0 aliphatic heterocycles. The lowest BCUT2D eigenvalue weighted by Crippen LogP contribution is -2.15. The summed E-state index contributed by atoms with van der Waals surface area (Å²) in [6.45, 7) is 3.77. The van der Waals surface area contributed by atoms with E-state index in [0.29, 0.717) is 19.3 Å². The quantitative estimate of drug-likeness (QED) is 0.809. The van der Waals surface area contributed by atoms with Crippen molar-refractivity contribution in [1.82, 2.24) is 10.5 Å². The van der Waals surface area contributed by atoms with E-state index < -0.39 is 0 Å². The molecule has 1 aromatic carbocycles. The Kier molecular flexibility index (Phi) is 4.40. The molecule has 1 aromatic heterocycles. The van der Waals surface area contributed by atoms with E-state index in [1.807, 2.05) is 37.3 Å². The molecule has 2 aromatic rings. The van der Waals surface area contributed by atoms with Gasteiger partial charge in [0.1, 0.15) is 18.1 Å². The Morgan fingerprint density at radius 1 is 1.19 bits per heavy atom. The number of nitrogens with one attached hydrogen (secondary N) is 1. The van der Waals surface area contributed by atoms with Gasteiger partial charge in [-0.25, -0.2) is 0 Å². The van der Waals surface area contributed by atoms with Crippen molar-refractivity contribution in [3.63, 3.8) is 0 Å². The summed E-state index contributed by atoms with van der Waals surface area (Å²) in [5.41, 5.74) is 0.923. The van der Waals surface area contributed by atoms with Crippen LogP contribution in [0.25, 0.3) is 0 Å². The van der Waals surface area contributed by atoms with Crippen LogP contribution in [0.4, 0.5) is 0 Å². The fourth-order valence-corrected chi connectivity index (χ4v) is 2.00. The number of rotatable bonds is 8. The van der Waals surface area contributed by atoms with Crippen LogP contribution >= 0.6 is 0 Å². The third-order valence-corrected chi connectivity index (χ3v) is 3.27. The standard InChI is InChI=1S/C16H20N2O3/c1-2-19-14-5-7-15(8-6-14)20-11-16-9-13(18-21-16)10-17-12-3-4-12/h5-9,12,17H,2-4,10-11H2,1H3. The van der Waals surface area contributed by atoms with Gasteiger partial charge in [-0.1, -0.05) is 5.16 Å². The van der Waals surface area contributed by atoms with Crippen molar-refractivity contribution < 1.29 is 14.0 Å². The lowest BCUT2D eigenvalue weighted by molar-refractivity contribution is 0.248. The lowest BCUT2D eigenvalue weighted by Gasteiger charge is -2.05. The van der Waals surface area contributed by atoms with Gasteiger partial charge in [-0.05, 0) is 44.0 Å². The van der Waals surface area contributed by atoms with Gasteiger partial charge in [-0.2, -0.15) is 0 Å². The molecule has 0 saturated heterocycles. The summed E-state index contributed by atoms with van der Waals surface area (Å²) in [7, 11) is 0. The average Bonchev–Trinajstić information content (AvgIpc) is 3.23. The Morgan fingerprint density at radius 3 is 2.57 bits per heavy atom. The number of nitrogens with zero attached hydrogens (tertiary/aromatic N) is 1. The maximum Gasteiger partial charge on any atom is 0.174 e. The van der Waals surface area contributed by atoms with Gasteiger partial charge in [0.2, 0.25) is 0 Å². The summed E-state index contributed by atoms with van der Waals surface area (Å²) in [5, 5.41) is 7.43. The van der Waals surface area contributed by atoms with E-state index in [1.165, 1.54) is 12.8 Å². The van der Waals surface area contributed by atoms with Crippen LogP contribution in [0.2, 0.25) is 0 Å². The molecular weight excluding hydrogens is 268 g/mol. The normalized spacial score (nSPS) is 14.1. The molecule has 0 spiro atoms. The summed E-state index contributed by atoms with van der Waals surface area (Å²) in [6, 6.07) is 10.2. The Hall–Kier alpha value is -2.01. The molecule has 5 nitrogen and oxygen atoms in total. The van der Waals surface area contributed by atoms with Crippen LogP contribution < -0.4 is 14.8 Å². The Bertz CT molecular complexity index is 561. The Morgan fingerprint density at radius 2 is 1.90 bits per heavy atom. The maximum absolute atomic E-state index is 5.67. The largest absolute Gasteiger partial charge is 0.494 e. The first kappa shape index (κ1) is 13.9. The van der Waals surface area contributed by atoms with E-state index >= 15 is 0 Å². The highest BCUT2D eigenvalue weighted by Gasteiger charge is 2.20. The fourth-order valence-electron chi connectivity index (χ4n) is 2.00. The van der Waals surface area contributed by atoms with Crippen LogP contribution in [-0.4, -0.2) is 17.8 Å². The van der Waals surface area contributed by atoms with Crippen molar-refractivity contribution in [3.05, 3.63) is 41.8 Å². The van der Waals surface area contributed by atoms with Crippen molar-refractivity contribution in [2.75, 3.05) is 6.61 Å². The van der Waals surface area contributed by atoms with E-state index in [-0.39, 0.29) is 0 Å². The molecule has 0 radical (unpaired) electrons. The average molecular weight is 288 g/mol. The highest BCUT2D eigenvalue weighted by atomic mass is 16.5. The smallest absolute Gasteiger partial charge is 0.174 e. The first-order valence-corrected chi connectivity index (χ1v) is 7.37. The van der Waals surface area contributed by atoms with Gasteiger partial charge >= 0.3 is 0 Å². The number of hydrogen-bond acceptors (Lipinski definition) is 5. The third-order valence-electron chi connectivity index (χ3n) is 3.27. The molecule has 0 atom stereocenters. The molecule has 0 unspecified atom stereocenters. The molecule has 0 amide bonds. The zero-order chi connectivity index (χ0) is 14.5. The predicted octanol–water partition coefficient (Wildman–Crippen LogP) is 2.90. The molecule has 3 rings (SSSR count). The van der Waals surface area contributed by atoms with Gasteiger partial charge in [0, 0.05) is 18.7 Å². The predicted molar refractivity (Wildman–Crippen MR) is 78.3 cm³/mol. The second kappa shape index (κ2) is 6.63. The molecule has 1 aliphatic rings. The molecule has 1 saturated carbocycles. The van der Waals surface area contributed by atoms with Crippen LogP contribution in [0.5, 0.6) is 11.5 Å². The molecule has 112 valence electrons. The SMILES string of the molecule is CCOc1ccc(OCc2cc(CNC3CC3)no2)cc1. The summed E-state index contributed by atoms with van der Waals surface area (Å²) in [6.07, 6.45) is 2.54. The second-order valence-electron chi connectivity index (χ2n) is 5.13. The molecule has 1 aliphatic carbocycles. The Balaban J connectivity index is 1.47. The van der Waals surface area contributed by atoms with E-state index in [9.17, 15) is 0 Å². The first-order valence-electron chi connectivity index (χ1n) is 7.37. The maximum atomic E-state index is 5.67. The van der Waals surface area contributed by atoms with Crippen molar-refractivity contribution in [2.45, 2.75) is 39.0 Å². The van der Waals surface area contributed by atoms with E-state index in [0.717, 1.165) is 29.5 Å². The fraction of sp³-hybridized carbons (Fsp3) is 0.438. The molecule has 1 heterocycles. The highest BCUT2D eigenvalue weighted by Crippen LogP contribution is 2.20. The summed E-state index contributed by atoms with van der Waals surface area (Å²) in [4.78, 5) is 0. The van der Waals surface area contributed by atoms with Gasteiger partial charge in [0.15, 0.2) is 5.76 Å². The van der Waals surface area contributed by atoms with Gasteiger partial charge in [-0.15, -0.1) is 0 Å². The van der Waals surface area contributed by atoms with E-state index in [2.05, 4.69) is 10.5 Å². The number of benzene rings is 1. The van der Waals surface area contributed by atoms with E-state index in [4.69, 9.17) is 14.0 Å². The Labute approximate surface area is 124 Å². The van der Waals surface area contributed by atoms with Gasteiger partial charge in [-0.3, -0.25) is 0 Å². The van der Waals surface area contributed by atoms with Crippen molar-refractivity contribution >= 4 is 0 Å². The molecule has 1 fully saturated rings. The summed E-state index contributed by atoms with van der Waals surface area (Å²) in [5.74, 6) is 2.36. The minimum atomic E-state index is 0.379. The van der Waals surface area contributed by atoms with Crippen molar-refractivity contribution in [1.29, 1.82) is 0 Å². The van der Waals surface area contributed by atoms with Crippen LogP contribution in [0, 0.1) is 0 Å². The topological polar surface area (TPSA) is 56.5 Å². The zero-order valence-corrected chi connectivity index (χ0v) is 12.2. The number of hydrogen-bond donors (Lipinski definition) is 1. The first-order chi connectivity index (χ1) is 10.3. The highest BCUT2D eigenvalue weighted by molar-refractivity contribution is 5.31. The minimum Gasteiger partial charge on any atom is -0.494 e. The lowest BCUT2D eigenvalue weighted by atomic mass is 10.3. The molecule has 1 N–H and O–H groups in total. The van der Waals surface area contributed by atoms with Crippen LogP contribution in [0.15, 0.2) is 34.9 Å². The van der Waals surface area contributed by atoms with E-state index in [1.54, 1.807) is 0 Å². The number of aromatic nitrogens is 1. The second-order valence-corrected chi connectivity index (χ2v) is 5.13. The van der Waals surface area contributed by atoms with Crippen LogP contribution in [0.3, 0.4) is 0 Å². The number of ether oxygens (including phenoxy) is 2. The minimum absolute atomic E-state index is 0.379. The third kappa shape index (κ3) is 4.23. The summed E-state index contributed by atoms with van der Waals surface area (Å²) < 4.78 is 16.3. The van der Waals surface area contributed by atoms with Crippen molar-refractivity contribution in [3.8, 4) is 11.5 Å². The zero-order valence-electron chi connectivity index (χ0n) is 12.2. The van der Waals surface area contributed by atoms with Gasteiger partial charge < -0.3 is 19.3 Å². The molecular formula is C16H20N2O3. The summed E-state index contributed by atoms with van der Waals surface area (Å²) >= 11 is 0. The molecule has 21 heavy (non-hydrogen) atoms. The van der Waals surface area contributed by atoms with Crippen LogP contribution in [-0.2, 0) is 13.2 Å². The molecule has 5 heteroatoms.